The summed E-state index contributed by atoms with van der Waals surface area (Å²) in [6, 6.07) is 19.5. The average molecular weight is 510 g/mol. The maximum atomic E-state index is 12.9. The second kappa shape index (κ2) is 10.8. The number of esters is 1. The minimum atomic E-state index is -0.692. The Kier molecular flexibility index (Phi) is 7.53. The van der Waals surface area contributed by atoms with Gasteiger partial charge in [-0.3, -0.25) is 14.4 Å². The molecule has 3 aromatic rings. The standard InChI is InChI=1S/C26H20ClNO6S/c1-33-20-4-2-3-17(13-20)22(29)15-34-26(32)16-5-9-19(10-6-16)28-24(30)14-23(25(28)31)35-21-11-7-18(27)8-12-21/h2-13,23H,14-15H2,1H3. The van der Waals surface area contributed by atoms with Crippen LogP contribution in [0, 0.1) is 0 Å². The van der Waals surface area contributed by atoms with Gasteiger partial charge < -0.3 is 9.47 Å². The second-order valence-electron chi connectivity index (χ2n) is 7.61. The van der Waals surface area contributed by atoms with Gasteiger partial charge >= 0.3 is 5.97 Å². The molecule has 0 N–H and O–H groups in total. The Bertz CT molecular complexity index is 1280. The zero-order chi connectivity index (χ0) is 24.9. The van der Waals surface area contributed by atoms with Crippen molar-refractivity contribution in [1.29, 1.82) is 0 Å². The summed E-state index contributed by atoms with van der Waals surface area (Å²) >= 11 is 7.20. The number of amides is 2. The molecule has 35 heavy (non-hydrogen) atoms. The molecule has 0 spiro atoms. The number of rotatable bonds is 8. The quantitative estimate of drug-likeness (QED) is 0.244. The lowest BCUT2D eigenvalue weighted by molar-refractivity contribution is -0.121. The maximum absolute atomic E-state index is 12.9. The minimum absolute atomic E-state index is 0.0717. The number of carbonyl (C=O) groups excluding carboxylic acids is 4. The second-order valence-corrected chi connectivity index (χ2v) is 9.32. The summed E-state index contributed by atoms with van der Waals surface area (Å²) in [6.45, 7) is -0.430. The van der Waals surface area contributed by atoms with Gasteiger partial charge in [-0.2, -0.15) is 0 Å². The van der Waals surface area contributed by atoms with E-state index in [1.807, 2.05) is 0 Å². The highest BCUT2D eigenvalue weighted by atomic mass is 35.5. The van der Waals surface area contributed by atoms with Crippen molar-refractivity contribution >= 4 is 52.6 Å². The molecular formula is C26H20ClNO6S. The molecule has 1 fully saturated rings. The van der Waals surface area contributed by atoms with Crippen molar-refractivity contribution in [2.45, 2.75) is 16.6 Å². The molecule has 1 unspecified atom stereocenters. The van der Waals surface area contributed by atoms with Crippen molar-refractivity contribution in [3.8, 4) is 5.75 Å². The monoisotopic (exact) mass is 509 g/mol. The van der Waals surface area contributed by atoms with E-state index in [4.69, 9.17) is 21.1 Å². The van der Waals surface area contributed by atoms with E-state index in [-0.39, 0.29) is 29.6 Å². The van der Waals surface area contributed by atoms with Gasteiger partial charge in [-0.25, -0.2) is 9.69 Å². The van der Waals surface area contributed by atoms with Crippen LogP contribution in [0.2, 0.25) is 5.02 Å². The topological polar surface area (TPSA) is 90.0 Å². The molecule has 4 rings (SSSR count). The molecule has 1 aliphatic rings. The summed E-state index contributed by atoms with van der Waals surface area (Å²) in [5.41, 5.74) is 0.922. The number of benzene rings is 3. The Morgan fingerprint density at radius 3 is 2.40 bits per heavy atom. The number of imide groups is 1. The van der Waals surface area contributed by atoms with Crippen LogP contribution in [0.3, 0.4) is 0 Å². The van der Waals surface area contributed by atoms with E-state index >= 15 is 0 Å². The van der Waals surface area contributed by atoms with Gasteiger partial charge in [0.25, 0.3) is 0 Å². The van der Waals surface area contributed by atoms with E-state index in [2.05, 4.69) is 0 Å². The molecule has 7 nitrogen and oxygen atoms in total. The highest BCUT2D eigenvalue weighted by molar-refractivity contribution is 8.00. The first-order valence-corrected chi connectivity index (χ1v) is 11.8. The van der Waals surface area contributed by atoms with Crippen molar-refractivity contribution in [3.63, 3.8) is 0 Å². The fourth-order valence-electron chi connectivity index (χ4n) is 3.49. The SMILES string of the molecule is COc1cccc(C(=O)COC(=O)c2ccc(N3C(=O)CC(Sc4ccc(Cl)cc4)C3=O)cc2)c1. The summed E-state index contributed by atoms with van der Waals surface area (Å²) < 4.78 is 10.2. The molecule has 3 aromatic carbocycles. The highest BCUT2D eigenvalue weighted by Gasteiger charge is 2.40. The number of hydrogen-bond donors (Lipinski definition) is 0. The third kappa shape index (κ3) is 5.72. The maximum Gasteiger partial charge on any atom is 0.338 e. The molecule has 0 aromatic heterocycles. The number of methoxy groups -OCH3 is 1. The highest BCUT2D eigenvalue weighted by Crippen LogP contribution is 2.34. The Morgan fingerprint density at radius 1 is 1.00 bits per heavy atom. The van der Waals surface area contributed by atoms with Gasteiger partial charge in [0, 0.05) is 21.9 Å². The summed E-state index contributed by atoms with van der Waals surface area (Å²) in [6.07, 6.45) is 0.0717. The van der Waals surface area contributed by atoms with E-state index in [9.17, 15) is 19.2 Å². The van der Waals surface area contributed by atoms with Crippen LogP contribution < -0.4 is 9.64 Å². The van der Waals surface area contributed by atoms with Crippen LogP contribution in [-0.2, 0) is 14.3 Å². The van der Waals surface area contributed by atoms with Crippen molar-refractivity contribution in [1.82, 2.24) is 0 Å². The van der Waals surface area contributed by atoms with Crippen LogP contribution in [-0.4, -0.2) is 42.5 Å². The van der Waals surface area contributed by atoms with Crippen LogP contribution in [0.4, 0.5) is 5.69 Å². The third-order valence-electron chi connectivity index (χ3n) is 5.28. The molecular weight excluding hydrogens is 490 g/mol. The molecule has 1 atom stereocenters. The first kappa shape index (κ1) is 24.5. The average Bonchev–Trinajstić information content (AvgIpc) is 3.16. The summed E-state index contributed by atoms with van der Waals surface area (Å²) in [5, 5.41) is 0.0454. The fraction of sp³-hybridized carbons (Fsp3) is 0.154. The largest absolute Gasteiger partial charge is 0.497 e. The van der Waals surface area contributed by atoms with Gasteiger partial charge in [-0.15, -0.1) is 11.8 Å². The Hall–Kier alpha value is -3.62. The lowest BCUT2D eigenvalue weighted by Gasteiger charge is -2.15. The molecule has 9 heteroatoms. The van der Waals surface area contributed by atoms with Gasteiger partial charge in [-0.1, -0.05) is 23.7 Å². The van der Waals surface area contributed by atoms with Crippen molar-refractivity contribution in [3.05, 3.63) is 88.9 Å². The number of nitrogens with zero attached hydrogens (tertiary/aromatic N) is 1. The first-order valence-electron chi connectivity index (χ1n) is 10.6. The zero-order valence-corrected chi connectivity index (χ0v) is 20.2. The van der Waals surface area contributed by atoms with Crippen molar-refractivity contribution in [2.24, 2.45) is 0 Å². The van der Waals surface area contributed by atoms with E-state index < -0.39 is 17.8 Å². The summed E-state index contributed by atoms with van der Waals surface area (Å²) in [5.74, 6) is -1.18. The van der Waals surface area contributed by atoms with Crippen LogP contribution in [0.5, 0.6) is 5.75 Å². The van der Waals surface area contributed by atoms with E-state index in [0.29, 0.717) is 22.0 Å². The van der Waals surface area contributed by atoms with E-state index in [0.717, 1.165) is 9.80 Å². The fourth-order valence-corrected chi connectivity index (χ4v) is 4.67. The Labute approximate surface area is 211 Å². The molecule has 0 aliphatic carbocycles. The van der Waals surface area contributed by atoms with Crippen molar-refractivity contribution < 1.29 is 28.7 Å². The van der Waals surface area contributed by atoms with Gasteiger partial charge in [0.1, 0.15) is 5.75 Å². The number of hydrogen-bond acceptors (Lipinski definition) is 7. The predicted molar refractivity (Wildman–Crippen MR) is 132 cm³/mol. The zero-order valence-electron chi connectivity index (χ0n) is 18.6. The van der Waals surface area contributed by atoms with Gasteiger partial charge in [0.05, 0.1) is 23.6 Å². The number of ketones is 1. The number of thioether (sulfide) groups is 1. The number of carbonyl (C=O) groups is 4. The number of halogens is 1. The number of anilines is 1. The number of ether oxygens (including phenoxy) is 2. The van der Waals surface area contributed by atoms with Gasteiger partial charge in [-0.05, 0) is 60.7 Å². The summed E-state index contributed by atoms with van der Waals surface area (Å²) in [4.78, 5) is 52.1. The third-order valence-corrected chi connectivity index (χ3v) is 6.73. The molecule has 1 aliphatic heterocycles. The normalized spacial score (nSPS) is 15.3. The Balaban J connectivity index is 1.37. The molecule has 2 amide bonds. The van der Waals surface area contributed by atoms with Crippen LogP contribution >= 0.6 is 23.4 Å². The molecule has 1 heterocycles. The van der Waals surface area contributed by atoms with Gasteiger partial charge in [0.2, 0.25) is 11.8 Å². The molecule has 0 radical (unpaired) electrons. The van der Waals surface area contributed by atoms with Gasteiger partial charge in [0.15, 0.2) is 12.4 Å². The van der Waals surface area contributed by atoms with Crippen LogP contribution in [0.1, 0.15) is 27.1 Å². The lowest BCUT2D eigenvalue weighted by atomic mass is 10.1. The smallest absolute Gasteiger partial charge is 0.338 e. The lowest BCUT2D eigenvalue weighted by Crippen LogP contribution is -2.31. The van der Waals surface area contributed by atoms with Crippen molar-refractivity contribution in [2.75, 3.05) is 18.6 Å². The molecule has 1 saturated heterocycles. The van der Waals surface area contributed by atoms with E-state index in [1.165, 1.54) is 43.1 Å². The summed E-state index contributed by atoms with van der Waals surface area (Å²) in [7, 11) is 1.50. The Morgan fingerprint density at radius 2 is 1.71 bits per heavy atom. The molecule has 0 bridgehead atoms. The van der Waals surface area contributed by atoms with Crippen LogP contribution in [0.15, 0.2) is 77.7 Å². The molecule has 0 saturated carbocycles. The first-order chi connectivity index (χ1) is 16.9. The number of Topliss-reactive ketones (excluding diaryl/α,β-unsaturated/α-hetero) is 1. The van der Waals surface area contributed by atoms with E-state index in [1.54, 1.807) is 48.5 Å². The van der Waals surface area contributed by atoms with Crippen LogP contribution in [0.25, 0.3) is 0 Å². The minimum Gasteiger partial charge on any atom is -0.497 e. The molecule has 178 valence electrons. The predicted octanol–water partition coefficient (Wildman–Crippen LogP) is 4.81.